The van der Waals surface area contributed by atoms with Crippen molar-refractivity contribution in [2.45, 2.75) is 62.0 Å². The van der Waals surface area contributed by atoms with Crippen molar-refractivity contribution in [2.24, 2.45) is 0 Å². The minimum absolute atomic E-state index is 0.00374. The van der Waals surface area contributed by atoms with Crippen LogP contribution >= 0.6 is 11.3 Å². The van der Waals surface area contributed by atoms with Crippen molar-refractivity contribution >= 4 is 33.0 Å². The van der Waals surface area contributed by atoms with Gasteiger partial charge in [-0.2, -0.15) is 8.42 Å². The van der Waals surface area contributed by atoms with Crippen LogP contribution in [0.25, 0.3) is 0 Å². The molecule has 0 radical (unpaired) electrons. The Labute approximate surface area is 257 Å². The van der Waals surface area contributed by atoms with Gasteiger partial charge in [0.25, 0.3) is 10.0 Å². The largest absolute Gasteiger partial charge is 0.512 e. The van der Waals surface area contributed by atoms with E-state index in [-0.39, 0.29) is 22.8 Å². The Bertz CT molecular complexity index is 1630. The number of cyclic esters (lactones) is 1. The number of thiazole rings is 1. The average molecular weight is 617 g/mol. The van der Waals surface area contributed by atoms with E-state index in [4.69, 9.17) is 4.74 Å². The molecule has 0 aliphatic carbocycles. The summed E-state index contributed by atoms with van der Waals surface area (Å²) in [6, 6.07) is 27.2. The number of hydrogen-bond donors (Lipinski definition) is 1. The second-order valence-electron chi connectivity index (χ2n) is 10.9. The summed E-state index contributed by atoms with van der Waals surface area (Å²) in [7, 11) is -2.44. The van der Waals surface area contributed by atoms with Crippen LogP contribution in [0.1, 0.15) is 55.2 Å². The molecule has 0 saturated heterocycles. The molecular formula is C34H36N2O5S2. The molecule has 0 fully saturated rings. The van der Waals surface area contributed by atoms with Crippen molar-refractivity contribution in [1.82, 2.24) is 4.98 Å². The van der Waals surface area contributed by atoms with Gasteiger partial charge in [-0.25, -0.2) is 9.78 Å². The lowest BCUT2D eigenvalue weighted by Gasteiger charge is -2.39. The first kappa shape index (κ1) is 30.5. The molecule has 0 amide bonds. The lowest BCUT2D eigenvalue weighted by atomic mass is 9.79. The van der Waals surface area contributed by atoms with E-state index in [2.05, 4.69) is 29.2 Å². The number of nitrogens with zero attached hydrogens (tertiary/aromatic N) is 2. The molecule has 9 heteroatoms. The van der Waals surface area contributed by atoms with Crippen LogP contribution in [-0.4, -0.2) is 37.1 Å². The maximum absolute atomic E-state index is 13.9. The van der Waals surface area contributed by atoms with Crippen LogP contribution in [0.2, 0.25) is 0 Å². The molecule has 1 aliphatic heterocycles. The van der Waals surface area contributed by atoms with E-state index in [0.29, 0.717) is 43.4 Å². The van der Waals surface area contributed by atoms with Crippen molar-refractivity contribution in [2.75, 3.05) is 11.4 Å². The summed E-state index contributed by atoms with van der Waals surface area (Å²) in [4.78, 5) is 17.9. The van der Waals surface area contributed by atoms with E-state index in [1.54, 1.807) is 24.3 Å². The van der Waals surface area contributed by atoms with Gasteiger partial charge in [0.2, 0.25) is 0 Å². The Hall–Kier alpha value is -3.95. The van der Waals surface area contributed by atoms with Gasteiger partial charge in [-0.1, -0.05) is 85.8 Å². The van der Waals surface area contributed by atoms with Crippen LogP contribution in [0.15, 0.2) is 112 Å². The summed E-state index contributed by atoms with van der Waals surface area (Å²) in [6.07, 6.45) is 3.18. The molecule has 1 atom stereocenters. The fourth-order valence-electron chi connectivity index (χ4n) is 5.83. The van der Waals surface area contributed by atoms with Gasteiger partial charge in [0, 0.05) is 24.8 Å². The molecule has 43 heavy (non-hydrogen) atoms. The van der Waals surface area contributed by atoms with E-state index in [9.17, 15) is 18.3 Å². The van der Waals surface area contributed by atoms with Gasteiger partial charge < -0.3 is 9.84 Å². The molecule has 4 aromatic rings. The zero-order valence-corrected chi connectivity index (χ0v) is 26.0. The molecule has 1 aliphatic rings. The molecule has 0 saturated carbocycles. The van der Waals surface area contributed by atoms with Crippen molar-refractivity contribution in [3.05, 3.63) is 124 Å². The number of anilines is 1. The number of rotatable bonds is 12. The second kappa shape index (κ2) is 13.1. The Kier molecular flexibility index (Phi) is 9.32. The highest BCUT2D eigenvalue weighted by Crippen LogP contribution is 2.44. The molecule has 7 nitrogen and oxygen atoms in total. The van der Waals surface area contributed by atoms with Gasteiger partial charge in [-0.3, -0.25) is 4.31 Å². The first-order valence-electron chi connectivity index (χ1n) is 14.4. The Morgan fingerprint density at radius 2 is 1.53 bits per heavy atom. The Balaban J connectivity index is 1.48. The van der Waals surface area contributed by atoms with Gasteiger partial charge in [0.1, 0.15) is 11.4 Å². The molecule has 1 unspecified atom stereocenters. The lowest BCUT2D eigenvalue weighted by Crippen LogP contribution is -2.42. The Morgan fingerprint density at radius 1 is 0.953 bits per heavy atom. The number of aromatic nitrogens is 1. The summed E-state index contributed by atoms with van der Waals surface area (Å²) in [5, 5.41) is 13.1. The van der Waals surface area contributed by atoms with Crippen molar-refractivity contribution in [3.8, 4) is 0 Å². The maximum atomic E-state index is 13.9. The zero-order valence-electron chi connectivity index (χ0n) is 24.3. The number of aliphatic hydroxyl groups is 1. The summed E-state index contributed by atoms with van der Waals surface area (Å²) in [5.74, 6) is -1.13. The van der Waals surface area contributed by atoms with E-state index in [0.717, 1.165) is 11.1 Å². The van der Waals surface area contributed by atoms with Crippen LogP contribution in [0.3, 0.4) is 0 Å². The van der Waals surface area contributed by atoms with E-state index in [1.807, 2.05) is 43.3 Å². The topological polar surface area (TPSA) is 96.8 Å². The molecule has 1 N–H and O–H groups in total. The minimum Gasteiger partial charge on any atom is -0.512 e. The molecule has 0 bridgehead atoms. The average Bonchev–Trinajstić information content (AvgIpc) is 3.58. The third-order valence-corrected chi connectivity index (χ3v) is 10.6. The quantitative estimate of drug-likeness (QED) is 0.169. The number of sulfonamides is 1. The number of hydrogen-bond acceptors (Lipinski definition) is 7. The van der Waals surface area contributed by atoms with Gasteiger partial charge in [-0.05, 0) is 54.9 Å². The number of benzene rings is 3. The number of esters is 1. The predicted molar refractivity (Wildman–Crippen MR) is 170 cm³/mol. The summed E-state index contributed by atoms with van der Waals surface area (Å²) in [5.41, 5.74) is 4.09. The third-order valence-electron chi connectivity index (χ3n) is 8.20. The minimum atomic E-state index is -3.92. The number of aryl methyl sites for hydroxylation is 2. The van der Waals surface area contributed by atoms with E-state index in [1.165, 1.54) is 33.6 Å². The number of carbonyl (C=O) groups is 1. The van der Waals surface area contributed by atoms with Gasteiger partial charge in [-0.15, -0.1) is 11.3 Å². The highest BCUT2D eigenvalue weighted by atomic mass is 32.2. The number of carbonyl (C=O) groups excluding carboxylic acids is 1. The van der Waals surface area contributed by atoms with Gasteiger partial charge in [0.15, 0.2) is 5.03 Å². The fraction of sp³-hybridized carbons (Fsp3) is 0.294. The normalized spacial score (nSPS) is 15.6. The first-order chi connectivity index (χ1) is 20.7. The monoisotopic (exact) mass is 616 g/mol. The summed E-state index contributed by atoms with van der Waals surface area (Å²) < 4.78 is 34.2. The number of ether oxygens (including phenoxy) is 1. The lowest BCUT2D eigenvalue weighted by molar-refractivity contribution is -0.161. The molecule has 2 heterocycles. The van der Waals surface area contributed by atoms with Crippen LogP contribution < -0.4 is 4.31 Å². The zero-order chi connectivity index (χ0) is 30.5. The van der Waals surface area contributed by atoms with Crippen LogP contribution in [-0.2, 0) is 32.4 Å². The van der Waals surface area contributed by atoms with E-state index < -0.39 is 27.5 Å². The number of aliphatic hydroxyl groups excluding tert-OH is 1. The van der Waals surface area contributed by atoms with Crippen molar-refractivity contribution < 1.29 is 23.1 Å². The smallest absolute Gasteiger partial charge is 0.338 e. The summed E-state index contributed by atoms with van der Waals surface area (Å²) >= 11 is 1.20. The third kappa shape index (κ3) is 6.68. The molecule has 0 spiro atoms. The predicted octanol–water partition coefficient (Wildman–Crippen LogP) is 7.23. The van der Waals surface area contributed by atoms with Gasteiger partial charge >= 0.3 is 5.97 Å². The molecule has 224 valence electrons. The highest BCUT2D eigenvalue weighted by Gasteiger charge is 2.44. The molecule has 1 aromatic heterocycles. The van der Waals surface area contributed by atoms with Gasteiger partial charge in [0.05, 0.1) is 16.8 Å². The van der Waals surface area contributed by atoms with Crippen LogP contribution in [0.5, 0.6) is 0 Å². The SMILES string of the molecule is CCC(C1=C(O)CC(CCc2ccccc2)(CCc2ccccc2)OC1=O)c1ccccc1N(C)S(=O)(=O)c1cscn1. The van der Waals surface area contributed by atoms with Crippen LogP contribution in [0.4, 0.5) is 5.69 Å². The summed E-state index contributed by atoms with van der Waals surface area (Å²) in [6.45, 7) is 1.91. The highest BCUT2D eigenvalue weighted by molar-refractivity contribution is 7.92. The maximum Gasteiger partial charge on any atom is 0.338 e. The van der Waals surface area contributed by atoms with E-state index >= 15 is 0 Å². The molecule has 3 aromatic carbocycles. The standard InChI is InChI=1S/C34H36N2O5S2/c1-3-27(28-16-10-11-17-29(28)36(2)43(39,40)31-23-42-24-35-31)32-30(37)22-34(41-33(32)38,20-18-25-12-6-4-7-13-25)21-19-26-14-8-5-9-15-26/h4-17,23-24,27,37H,3,18-22H2,1-2H3. The van der Waals surface area contributed by atoms with Crippen molar-refractivity contribution in [1.29, 1.82) is 0 Å². The second-order valence-corrected chi connectivity index (χ2v) is 13.5. The first-order valence-corrected chi connectivity index (χ1v) is 16.8. The molecular weight excluding hydrogens is 581 g/mol. The van der Waals surface area contributed by atoms with Crippen LogP contribution in [0, 0.1) is 0 Å². The van der Waals surface area contributed by atoms with Crippen molar-refractivity contribution in [3.63, 3.8) is 0 Å². The number of para-hydroxylation sites is 1. The Morgan fingerprint density at radius 3 is 2.07 bits per heavy atom. The molecule has 5 rings (SSSR count). The fourth-order valence-corrected chi connectivity index (χ4v) is 7.86.